The summed E-state index contributed by atoms with van der Waals surface area (Å²) < 4.78 is 68.4. The smallest absolute Gasteiger partial charge is 0.462 e. The van der Waals surface area contributed by atoms with Gasteiger partial charge in [0.15, 0.2) is 12.2 Å². The number of esters is 4. The molecule has 0 aromatic heterocycles. The molecule has 0 aliphatic carbocycles. The van der Waals surface area contributed by atoms with E-state index in [9.17, 15) is 43.2 Å². The van der Waals surface area contributed by atoms with Gasteiger partial charge in [0.1, 0.15) is 19.3 Å². The Kier molecular flexibility index (Phi) is 65.5. The molecule has 3 N–H and O–H groups in total. The molecule has 0 amide bonds. The first kappa shape index (κ1) is 92.1. The largest absolute Gasteiger partial charge is 0.472 e. The number of phosphoric acid groups is 2. The monoisotopic (exact) mass is 1380 g/mol. The first-order valence-electron chi connectivity index (χ1n) is 39.0. The lowest BCUT2D eigenvalue weighted by molar-refractivity contribution is -0.161. The number of aliphatic hydroxyl groups is 1. The van der Waals surface area contributed by atoms with E-state index in [-0.39, 0.29) is 25.7 Å². The maximum absolute atomic E-state index is 13.1. The molecule has 0 aromatic carbocycles. The van der Waals surface area contributed by atoms with Crippen LogP contribution in [0, 0.1) is 11.8 Å². The summed E-state index contributed by atoms with van der Waals surface area (Å²) in [5.74, 6) is -0.633. The van der Waals surface area contributed by atoms with Gasteiger partial charge in [0.05, 0.1) is 26.4 Å². The molecular formula is C75H146O17P2. The third-order valence-electron chi connectivity index (χ3n) is 17.5. The minimum atomic E-state index is -4.96. The van der Waals surface area contributed by atoms with Crippen molar-refractivity contribution in [2.24, 2.45) is 11.8 Å². The Morgan fingerprint density at radius 1 is 0.287 bits per heavy atom. The third kappa shape index (κ3) is 68.6. The van der Waals surface area contributed by atoms with Crippen LogP contribution in [0.4, 0.5) is 0 Å². The number of phosphoric ester groups is 2. The second-order valence-corrected chi connectivity index (χ2v) is 30.9. The standard InChI is InChI=1S/C75H146O17P2/c1-7-9-11-13-15-17-18-19-24-28-31-35-39-46-52-58-73(78)86-63-70(91-74(79)59-53-47-40-36-32-29-26-23-21-20-22-25-27-30-34-37-43-49-55-67(3)4)65-89-93(81,82)87-61-69(76)62-88-94(83,84)90-66-71(92-75(80)60-54-48-42-41-44-50-56-68(5)6)64-85-72(77)57-51-45-38-33-16-14-12-10-8-2/h67-71,76H,7-66H2,1-6H3,(H,81,82)(H,83,84)/t69-,70-,71-/m1/s1. The molecule has 0 fully saturated rings. The van der Waals surface area contributed by atoms with Crippen molar-refractivity contribution in [3.8, 4) is 0 Å². The van der Waals surface area contributed by atoms with Crippen molar-refractivity contribution in [1.29, 1.82) is 0 Å². The first-order valence-corrected chi connectivity index (χ1v) is 42.0. The summed E-state index contributed by atoms with van der Waals surface area (Å²) in [5.41, 5.74) is 0. The Bertz CT molecular complexity index is 1820. The van der Waals surface area contributed by atoms with Gasteiger partial charge in [-0.2, -0.15) is 0 Å². The number of rotatable bonds is 74. The fraction of sp³-hybridized carbons (Fsp3) is 0.947. The lowest BCUT2D eigenvalue weighted by atomic mass is 10.0. The highest BCUT2D eigenvalue weighted by molar-refractivity contribution is 7.47. The zero-order chi connectivity index (χ0) is 69.3. The van der Waals surface area contributed by atoms with Crippen molar-refractivity contribution in [3.63, 3.8) is 0 Å². The molecule has 2 unspecified atom stereocenters. The van der Waals surface area contributed by atoms with Crippen LogP contribution in [0.5, 0.6) is 0 Å². The molecule has 5 atom stereocenters. The van der Waals surface area contributed by atoms with Crippen LogP contribution in [0.15, 0.2) is 0 Å². The quantitative estimate of drug-likeness (QED) is 0.0222. The number of carbonyl (C=O) groups excluding carboxylic acids is 4. The van der Waals surface area contributed by atoms with Crippen LogP contribution in [0.1, 0.15) is 388 Å². The van der Waals surface area contributed by atoms with Crippen LogP contribution in [-0.4, -0.2) is 96.7 Å². The van der Waals surface area contributed by atoms with Gasteiger partial charge in [-0.25, -0.2) is 9.13 Å². The van der Waals surface area contributed by atoms with E-state index in [4.69, 9.17) is 37.0 Å². The highest BCUT2D eigenvalue weighted by Gasteiger charge is 2.30. The average molecular weight is 1380 g/mol. The van der Waals surface area contributed by atoms with Gasteiger partial charge in [-0.1, -0.05) is 337 Å². The zero-order valence-corrected chi connectivity index (χ0v) is 63.1. The van der Waals surface area contributed by atoms with E-state index in [1.54, 1.807) is 0 Å². The minimum Gasteiger partial charge on any atom is -0.462 e. The molecule has 17 nitrogen and oxygen atoms in total. The van der Waals surface area contributed by atoms with Crippen molar-refractivity contribution in [2.75, 3.05) is 39.6 Å². The molecule has 0 bridgehead atoms. The van der Waals surface area contributed by atoms with Crippen molar-refractivity contribution in [2.45, 2.75) is 407 Å². The SMILES string of the molecule is CCCCCCCCCCCCCCCCCC(=O)OC[C@H](COP(=O)(O)OC[C@@H](O)COP(=O)(O)OC[C@@H](COC(=O)CCCCCCCCCCC)OC(=O)CCCCCCCCC(C)C)OC(=O)CCCCCCCCCCCCCCCCCCCCC(C)C. The summed E-state index contributed by atoms with van der Waals surface area (Å²) >= 11 is 0. The van der Waals surface area contributed by atoms with Crippen molar-refractivity contribution in [3.05, 3.63) is 0 Å². The topological polar surface area (TPSA) is 237 Å². The second kappa shape index (κ2) is 66.9. The van der Waals surface area contributed by atoms with Gasteiger partial charge in [0.2, 0.25) is 0 Å². The van der Waals surface area contributed by atoms with Crippen LogP contribution in [0.25, 0.3) is 0 Å². The summed E-state index contributed by atoms with van der Waals surface area (Å²) in [5, 5.41) is 10.6. The summed E-state index contributed by atoms with van der Waals surface area (Å²) in [6, 6.07) is 0. The van der Waals surface area contributed by atoms with Crippen molar-refractivity contribution >= 4 is 39.5 Å². The summed E-state index contributed by atoms with van der Waals surface area (Å²) in [4.78, 5) is 72.6. The molecule has 94 heavy (non-hydrogen) atoms. The molecule has 0 aromatic rings. The molecule has 0 heterocycles. The number of hydrogen-bond donors (Lipinski definition) is 3. The van der Waals surface area contributed by atoms with Gasteiger partial charge in [-0.15, -0.1) is 0 Å². The molecule has 0 saturated heterocycles. The van der Waals surface area contributed by atoms with Gasteiger partial charge in [-0.3, -0.25) is 37.3 Å². The third-order valence-corrected chi connectivity index (χ3v) is 19.4. The summed E-state index contributed by atoms with van der Waals surface area (Å²) in [7, 11) is -9.90. The highest BCUT2D eigenvalue weighted by atomic mass is 31.2. The van der Waals surface area contributed by atoms with Crippen LogP contribution in [0.2, 0.25) is 0 Å². The maximum Gasteiger partial charge on any atom is 0.472 e. The van der Waals surface area contributed by atoms with E-state index in [1.165, 1.54) is 205 Å². The fourth-order valence-electron chi connectivity index (χ4n) is 11.5. The van der Waals surface area contributed by atoms with Crippen LogP contribution in [-0.2, 0) is 65.4 Å². The lowest BCUT2D eigenvalue weighted by Gasteiger charge is -2.21. The molecule has 558 valence electrons. The van der Waals surface area contributed by atoms with Gasteiger partial charge in [0.25, 0.3) is 0 Å². The molecular weight excluding hydrogens is 1230 g/mol. The molecule has 0 radical (unpaired) electrons. The molecule has 19 heteroatoms. The van der Waals surface area contributed by atoms with Crippen molar-refractivity contribution in [1.82, 2.24) is 0 Å². The van der Waals surface area contributed by atoms with Gasteiger partial charge in [0, 0.05) is 25.7 Å². The molecule has 0 aliphatic heterocycles. The van der Waals surface area contributed by atoms with E-state index in [1.807, 2.05) is 0 Å². The van der Waals surface area contributed by atoms with Crippen LogP contribution < -0.4 is 0 Å². The Morgan fingerprint density at radius 2 is 0.489 bits per heavy atom. The summed E-state index contributed by atoms with van der Waals surface area (Å²) in [6.45, 7) is 9.51. The second-order valence-electron chi connectivity index (χ2n) is 28.0. The predicted octanol–water partition coefficient (Wildman–Crippen LogP) is 21.9. The van der Waals surface area contributed by atoms with Crippen LogP contribution in [0.3, 0.4) is 0 Å². The number of unbranched alkanes of at least 4 members (excludes halogenated alkanes) is 44. The van der Waals surface area contributed by atoms with Gasteiger partial charge < -0.3 is 33.8 Å². The summed E-state index contributed by atoms with van der Waals surface area (Å²) in [6.07, 6.45) is 54.4. The van der Waals surface area contributed by atoms with Gasteiger partial charge >= 0.3 is 39.5 Å². The van der Waals surface area contributed by atoms with E-state index in [2.05, 4.69) is 41.5 Å². The normalized spacial score (nSPS) is 14.0. The predicted molar refractivity (Wildman–Crippen MR) is 381 cm³/mol. The average Bonchev–Trinajstić information content (AvgIpc) is 1.14. The number of carbonyl (C=O) groups is 4. The Labute approximate surface area is 575 Å². The van der Waals surface area contributed by atoms with E-state index in [0.717, 1.165) is 95.8 Å². The minimum absolute atomic E-state index is 0.102. The fourth-order valence-corrected chi connectivity index (χ4v) is 13.1. The van der Waals surface area contributed by atoms with Gasteiger partial charge in [-0.05, 0) is 37.5 Å². The lowest BCUT2D eigenvalue weighted by Crippen LogP contribution is -2.30. The number of hydrogen-bond acceptors (Lipinski definition) is 15. The van der Waals surface area contributed by atoms with E-state index >= 15 is 0 Å². The Morgan fingerprint density at radius 3 is 0.723 bits per heavy atom. The Hall–Kier alpha value is -1.94. The van der Waals surface area contributed by atoms with E-state index in [0.29, 0.717) is 31.6 Å². The maximum atomic E-state index is 13.1. The highest BCUT2D eigenvalue weighted by Crippen LogP contribution is 2.45. The number of aliphatic hydroxyl groups excluding tert-OH is 1. The van der Waals surface area contributed by atoms with Crippen LogP contribution >= 0.6 is 15.6 Å². The van der Waals surface area contributed by atoms with E-state index < -0.39 is 97.5 Å². The first-order chi connectivity index (χ1) is 45.4. The zero-order valence-electron chi connectivity index (χ0n) is 61.3. The molecule has 0 saturated carbocycles. The van der Waals surface area contributed by atoms with Crippen molar-refractivity contribution < 1.29 is 80.2 Å². The molecule has 0 rings (SSSR count). The molecule has 0 aliphatic rings. The Balaban J connectivity index is 5.17. The molecule has 0 spiro atoms. The number of ether oxygens (including phenoxy) is 4.